The van der Waals surface area contributed by atoms with Gasteiger partial charge in [-0.05, 0) is 85.7 Å². The summed E-state index contributed by atoms with van der Waals surface area (Å²) in [6, 6.07) is 14.8. The maximum Gasteiger partial charge on any atom is 0.678 e. The second-order valence-corrected chi connectivity index (χ2v) is 16.5. The number of para-hydroxylation sites is 1. The first-order chi connectivity index (χ1) is 32.5. The van der Waals surface area contributed by atoms with E-state index in [2.05, 4.69) is 27.2 Å². The topological polar surface area (TPSA) is 187 Å². The Hall–Kier alpha value is -7.15. The van der Waals surface area contributed by atoms with E-state index in [0.717, 1.165) is 82.1 Å². The van der Waals surface area contributed by atoms with Crippen LogP contribution in [-0.4, -0.2) is 93.0 Å². The standard InChI is InChI=1S/C49H53BF2N6O10/c1-10-37-26(3)44(54-28(37)5)43(45-27(4)38(11-2)41(58(45)50(51)52)21-18-34-22-53-40-15-13-12-14-39(34)40)33-16-19-36(20-17-33)64-24-35-23-57(56-55-35)49-48(67-32(9)62)47(66-31(8)61)46(65-30(7)60)42(68-49)25-63-29(6)59/h12-23,42,46-49,54H,10-11,24-25H2,1-9H3/b34-18+,41-21+,45-43-/t42-,46+,47+,48-,49-/m0/s1. The quantitative estimate of drug-likeness (QED) is 0.0747. The van der Waals surface area contributed by atoms with E-state index in [1.165, 1.54) is 17.8 Å². The molecule has 5 aromatic rings. The summed E-state index contributed by atoms with van der Waals surface area (Å²) in [6.07, 6.45) is 1.47. The first-order valence-electron chi connectivity index (χ1n) is 22.2. The Morgan fingerprint density at radius 1 is 0.824 bits per heavy atom. The maximum absolute atomic E-state index is 15.7. The third-order valence-corrected chi connectivity index (χ3v) is 11.9. The smallest absolute Gasteiger partial charge is 0.487 e. The molecule has 5 atom stereocenters. The molecule has 1 fully saturated rings. The monoisotopic (exact) mass is 934 g/mol. The summed E-state index contributed by atoms with van der Waals surface area (Å²) in [6.45, 7) is 14.0. The predicted octanol–water partition coefficient (Wildman–Crippen LogP) is 5.89. The van der Waals surface area contributed by atoms with Crippen LogP contribution >= 0.6 is 0 Å². The Kier molecular flexibility index (Phi) is 14.9. The number of hydrogen-bond donors (Lipinski definition) is 1. The Bertz CT molecular complexity index is 2920. The van der Waals surface area contributed by atoms with Gasteiger partial charge >= 0.3 is 31.3 Å². The number of benzene rings is 2. The van der Waals surface area contributed by atoms with Crippen LogP contribution in [0.1, 0.15) is 98.2 Å². The number of aromatic amines is 1. The molecule has 0 radical (unpaired) electrons. The van der Waals surface area contributed by atoms with Crippen LogP contribution in [-0.2, 0) is 62.3 Å². The van der Waals surface area contributed by atoms with Crippen LogP contribution in [0.5, 0.6) is 5.75 Å². The molecular formula is C49H53BF2N6O10. The van der Waals surface area contributed by atoms with Gasteiger partial charge in [0.05, 0.1) is 17.6 Å². The van der Waals surface area contributed by atoms with Gasteiger partial charge in [0.1, 0.15) is 30.8 Å². The number of aryl methyl sites for hydroxylation is 1. The van der Waals surface area contributed by atoms with Crippen LogP contribution < -0.4 is 15.4 Å². The fourth-order valence-electron chi connectivity index (χ4n) is 9.03. The molecule has 0 amide bonds. The van der Waals surface area contributed by atoms with Gasteiger partial charge in [0.2, 0.25) is 0 Å². The number of ether oxygens (including phenoxy) is 6. The molecule has 5 heterocycles. The lowest BCUT2D eigenvalue weighted by Crippen LogP contribution is -2.60. The van der Waals surface area contributed by atoms with E-state index in [1.807, 2.05) is 70.2 Å². The molecule has 0 aliphatic carbocycles. The Labute approximate surface area is 391 Å². The molecule has 2 aliphatic heterocycles. The van der Waals surface area contributed by atoms with Gasteiger partial charge in [-0.15, -0.1) is 5.10 Å². The zero-order chi connectivity index (χ0) is 49.0. The van der Waals surface area contributed by atoms with Crippen molar-refractivity contribution in [1.29, 1.82) is 0 Å². The predicted molar refractivity (Wildman–Crippen MR) is 247 cm³/mol. The molecule has 356 valence electrons. The van der Waals surface area contributed by atoms with Gasteiger partial charge in [-0.2, -0.15) is 0 Å². The van der Waals surface area contributed by atoms with Gasteiger partial charge in [0.15, 0.2) is 24.5 Å². The molecule has 68 heavy (non-hydrogen) atoms. The Balaban J connectivity index is 1.24. The molecule has 19 heteroatoms. The Morgan fingerprint density at radius 3 is 2.12 bits per heavy atom. The van der Waals surface area contributed by atoms with Gasteiger partial charge in [-0.1, -0.05) is 55.5 Å². The summed E-state index contributed by atoms with van der Waals surface area (Å²) >= 11 is 0. The second kappa shape index (κ2) is 20.8. The van der Waals surface area contributed by atoms with Gasteiger partial charge in [0.25, 0.3) is 0 Å². The Morgan fingerprint density at radius 2 is 1.49 bits per heavy atom. The van der Waals surface area contributed by atoms with Crippen molar-refractivity contribution >= 4 is 60.4 Å². The number of nitrogens with one attached hydrogen (secondary N) is 1. The fourth-order valence-corrected chi connectivity index (χ4v) is 9.03. The molecule has 2 aromatic carbocycles. The van der Waals surface area contributed by atoms with E-state index < -0.39 is 68.5 Å². The highest BCUT2D eigenvalue weighted by Crippen LogP contribution is 2.35. The molecular weight excluding hydrogens is 881 g/mol. The highest BCUT2D eigenvalue weighted by atomic mass is 19.2. The van der Waals surface area contributed by atoms with E-state index in [9.17, 15) is 19.2 Å². The van der Waals surface area contributed by atoms with E-state index in [0.29, 0.717) is 39.7 Å². The van der Waals surface area contributed by atoms with E-state index >= 15 is 8.63 Å². The summed E-state index contributed by atoms with van der Waals surface area (Å²) in [4.78, 5) is 56.7. The van der Waals surface area contributed by atoms with Crippen LogP contribution in [0.15, 0.2) is 65.8 Å². The van der Waals surface area contributed by atoms with Crippen LogP contribution in [0.25, 0.3) is 17.2 Å². The summed E-state index contributed by atoms with van der Waals surface area (Å²) in [5.41, 5.74) is 9.46. The number of hydrogen-bond acceptors (Lipinski definition) is 13. The number of carbonyl (C=O) groups excluding carboxylic acids is 4. The minimum atomic E-state index is -2.88. The van der Waals surface area contributed by atoms with Gasteiger partial charge in [-0.25, -0.2) is 4.68 Å². The highest BCUT2D eigenvalue weighted by Gasteiger charge is 2.53. The molecule has 1 saturated heterocycles. The molecule has 1 N–H and O–H groups in total. The maximum atomic E-state index is 15.7. The van der Waals surface area contributed by atoms with Gasteiger partial charge in [0, 0.05) is 67.0 Å². The number of aliphatic imine (C=N–C) groups is 1. The lowest BCUT2D eigenvalue weighted by atomic mass is 9.95. The molecule has 2 aliphatic rings. The van der Waals surface area contributed by atoms with E-state index in [1.54, 1.807) is 24.4 Å². The number of esters is 4. The third-order valence-electron chi connectivity index (χ3n) is 11.9. The summed E-state index contributed by atoms with van der Waals surface area (Å²) in [5, 5.41) is 9.21. The summed E-state index contributed by atoms with van der Waals surface area (Å²) in [7, 11) is -2.88. The van der Waals surface area contributed by atoms with Crippen molar-refractivity contribution in [3.63, 3.8) is 0 Å². The van der Waals surface area contributed by atoms with Gasteiger partial charge < -0.3 is 37.9 Å². The van der Waals surface area contributed by atoms with Gasteiger partial charge in [-0.3, -0.25) is 32.8 Å². The fraction of sp³-hybridized carbons (Fsp3) is 0.367. The summed E-state index contributed by atoms with van der Waals surface area (Å²) in [5.74, 6) is -2.51. The van der Waals surface area contributed by atoms with Crippen molar-refractivity contribution in [2.45, 2.75) is 112 Å². The van der Waals surface area contributed by atoms with Crippen LogP contribution in [0.3, 0.4) is 0 Å². The third kappa shape index (κ3) is 10.2. The average molecular weight is 935 g/mol. The zero-order valence-corrected chi connectivity index (χ0v) is 39.3. The average Bonchev–Trinajstić information content (AvgIpc) is 4.06. The first-order valence-corrected chi connectivity index (χ1v) is 22.2. The second-order valence-electron chi connectivity index (χ2n) is 16.5. The van der Waals surface area contributed by atoms with Crippen molar-refractivity contribution in [3.8, 4) is 5.75 Å². The van der Waals surface area contributed by atoms with Crippen LogP contribution in [0.4, 0.5) is 14.3 Å². The molecule has 0 unspecified atom stereocenters. The summed E-state index contributed by atoms with van der Waals surface area (Å²) < 4.78 is 67.9. The normalized spacial score (nSPS) is 20.0. The molecule has 7 rings (SSSR count). The molecule has 0 bridgehead atoms. The number of H-pyrrole nitrogens is 1. The van der Waals surface area contributed by atoms with Crippen LogP contribution in [0.2, 0.25) is 0 Å². The number of halogens is 2. The molecule has 16 nitrogen and oxygen atoms in total. The number of fused-ring (bicyclic) bond motifs is 1. The highest BCUT2D eigenvalue weighted by molar-refractivity contribution is 6.41. The van der Waals surface area contributed by atoms with E-state index in [-0.39, 0.29) is 6.61 Å². The van der Waals surface area contributed by atoms with Crippen LogP contribution in [0, 0.1) is 20.8 Å². The largest absolute Gasteiger partial charge is 0.678 e. The number of nitrogens with zero attached hydrogens (tertiary/aromatic N) is 5. The first kappa shape index (κ1) is 48.8. The SMILES string of the molecule is CCc1c(C)[nH]c(/C(c2ccc(OCc3cn([C@H]4O[C@@H](COC(C)=O)[C@@H](OC(C)=O)[C@@H](OC(C)=O)[C@@H]4OC(C)=O)nn3)cc2)=c2/c(C)c(CC)/c(=C\C=C3/C=Nc4ccccc43)n2B(F)F)c1C. The number of carbonyl (C=O) groups is 4. The number of rotatable bonds is 15. The molecule has 3 aromatic heterocycles. The molecule has 0 saturated carbocycles. The number of aromatic nitrogens is 5. The van der Waals surface area contributed by atoms with Crippen molar-refractivity contribution in [1.82, 2.24) is 24.5 Å². The van der Waals surface area contributed by atoms with Crippen molar-refractivity contribution < 1.29 is 56.2 Å². The zero-order valence-electron chi connectivity index (χ0n) is 39.3. The van der Waals surface area contributed by atoms with E-state index in [4.69, 9.17) is 28.4 Å². The minimum absolute atomic E-state index is 0.104. The van der Waals surface area contributed by atoms with Crippen molar-refractivity contribution in [2.75, 3.05) is 6.61 Å². The lowest BCUT2D eigenvalue weighted by Gasteiger charge is -2.44. The van der Waals surface area contributed by atoms with Crippen molar-refractivity contribution in [2.24, 2.45) is 4.99 Å². The lowest BCUT2D eigenvalue weighted by molar-refractivity contribution is -0.270. The van der Waals surface area contributed by atoms with Crippen molar-refractivity contribution in [3.05, 3.63) is 122 Å². The number of allylic oxidation sites excluding steroid dienone is 2. The minimum Gasteiger partial charge on any atom is -0.487 e. The molecule has 0 spiro atoms.